The number of nitrogens with zero attached hydrogens (tertiary/aromatic N) is 1. The molecule has 3 nitrogen and oxygen atoms in total. The van der Waals surface area contributed by atoms with E-state index in [0.29, 0.717) is 12.1 Å². The van der Waals surface area contributed by atoms with Gasteiger partial charge in [-0.25, -0.2) is 0 Å². The number of rotatable bonds is 5. The van der Waals surface area contributed by atoms with Crippen molar-refractivity contribution < 1.29 is 4.74 Å². The van der Waals surface area contributed by atoms with Crippen LogP contribution in [0.15, 0.2) is 0 Å². The highest BCUT2D eigenvalue weighted by molar-refractivity contribution is 4.82. The van der Waals surface area contributed by atoms with E-state index >= 15 is 0 Å². The van der Waals surface area contributed by atoms with Gasteiger partial charge in [0.15, 0.2) is 0 Å². The maximum atomic E-state index is 5.74. The Morgan fingerprint density at radius 1 is 1.35 bits per heavy atom. The molecule has 0 radical (unpaired) electrons. The van der Waals surface area contributed by atoms with Gasteiger partial charge in [0.05, 0.1) is 6.10 Å². The van der Waals surface area contributed by atoms with Gasteiger partial charge in [-0.2, -0.15) is 0 Å². The minimum atomic E-state index is 0.517. The maximum Gasteiger partial charge on any atom is 0.0702 e. The summed E-state index contributed by atoms with van der Waals surface area (Å²) >= 11 is 0. The van der Waals surface area contributed by atoms with E-state index in [1.807, 2.05) is 0 Å². The van der Waals surface area contributed by atoms with Crippen molar-refractivity contribution in [1.82, 2.24) is 10.2 Å². The average Bonchev–Trinajstić information content (AvgIpc) is 2.82. The van der Waals surface area contributed by atoms with Crippen LogP contribution in [-0.4, -0.2) is 49.8 Å². The standard InChI is InChI=1S/C14H28N2O/c1-3-15-12(2)13-6-4-8-16(10-13)11-14-7-5-9-17-14/h12-15H,3-11H2,1-2H3. The van der Waals surface area contributed by atoms with Gasteiger partial charge in [-0.15, -0.1) is 0 Å². The molecule has 0 aromatic carbocycles. The van der Waals surface area contributed by atoms with Gasteiger partial charge in [-0.1, -0.05) is 6.92 Å². The van der Waals surface area contributed by atoms with Crippen molar-refractivity contribution in [3.63, 3.8) is 0 Å². The summed E-state index contributed by atoms with van der Waals surface area (Å²) < 4.78 is 5.74. The smallest absolute Gasteiger partial charge is 0.0702 e. The summed E-state index contributed by atoms with van der Waals surface area (Å²) in [7, 11) is 0. The van der Waals surface area contributed by atoms with Crippen molar-refractivity contribution in [2.75, 3.05) is 32.8 Å². The predicted molar refractivity (Wildman–Crippen MR) is 71.3 cm³/mol. The zero-order valence-corrected chi connectivity index (χ0v) is 11.5. The second-order valence-electron chi connectivity index (χ2n) is 5.64. The lowest BCUT2D eigenvalue weighted by Gasteiger charge is -2.37. The molecule has 3 unspecified atom stereocenters. The molecule has 0 aromatic heterocycles. The van der Waals surface area contributed by atoms with Gasteiger partial charge in [0.2, 0.25) is 0 Å². The zero-order chi connectivity index (χ0) is 12.1. The van der Waals surface area contributed by atoms with Gasteiger partial charge in [-0.3, -0.25) is 0 Å². The molecule has 0 aliphatic carbocycles. The first-order valence-corrected chi connectivity index (χ1v) is 7.37. The van der Waals surface area contributed by atoms with Gasteiger partial charge >= 0.3 is 0 Å². The lowest BCUT2D eigenvalue weighted by atomic mass is 9.91. The minimum Gasteiger partial charge on any atom is -0.377 e. The third-order valence-corrected chi connectivity index (χ3v) is 4.26. The van der Waals surface area contributed by atoms with Crippen molar-refractivity contribution >= 4 is 0 Å². The molecule has 0 aromatic rings. The fourth-order valence-corrected chi connectivity index (χ4v) is 3.23. The number of hydrogen-bond donors (Lipinski definition) is 1. The van der Waals surface area contributed by atoms with Crippen molar-refractivity contribution in [2.24, 2.45) is 5.92 Å². The Morgan fingerprint density at radius 3 is 2.94 bits per heavy atom. The minimum absolute atomic E-state index is 0.517. The normalized spacial score (nSPS) is 32.8. The van der Waals surface area contributed by atoms with Crippen LogP contribution in [0.2, 0.25) is 0 Å². The van der Waals surface area contributed by atoms with E-state index in [1.54, 1.807) is 0 Å². The van der Waals surface area contributed by atoms with Crippen LogP contribution in [0.3, 0.4) is 0 Å². The predicted octanol–water partition coefficient (Wildman–Crippen LogP) is 1.88. The van der Waals surface area contributed by atoms with Crippen LogP contribution >= 0.6 is 0 Å². The summed E-state index contributed by atoms with van der Waals surface area (Å²) in [5.74, 6) is 0.824. The second kappa shape index (κ2) is 6.72. The summed E-state index contributed by atoms with van der Waals surface area (Å²) in [5, 5.41) is 3.57. The van der Waals surface area contributed by atoms with Crippen LogP contribution in [0.4, 0.5) is 0 Å². The third kappa shape index (κ3) is 3.94. The molecule has 2 aliphatic rings. The summed E-state index contributed by atoms with van der Waals surface area (Å²) in [4.78, 5) is 2.62. The van der Waals surface area contributed by atoms with Crippen LogP contribution in [0.25, 0.3) is 0 Å². The Labute approximate surface area is 106 Å². The largest absolute Gasteiger partial charge is 0.377 e. The Hall–Kier alpha value is -0.120. The molecule has 0 spiro atoms. The van der Waals surface area contributed by atoms with Crippen LogP contribution in [0.1, 0.15) is 39.5 Å². The molecule has 0 saturated carbocycles. The molecule has 3 heteroatoms. The molecule has 3 atom stereocenters. The van der Waals surface area contributed by atoms with Crippen molar-refractivity contribution in [3.05, 3.63) is 0 Å². The first-order valence-electron chi connectivity index (χ1n) is 7.37. The van der Waals surface area contributed by atoms with Crippen LogP contribution in [0, 0.1) is 5.92 Å². The summed E-state index contributed by atoms with van der Waals surface area (Å²) in [6, 6.07) is 0.660. The summed E-state index contributed by atoms with van der Waals surface area (Å²) in [5.41, 5.74) is 0. The first-order chi connectivity index (χ1) is 8.29. The lowest BCUT2D eigenvalue weighted by Crippen LogP contribution is -2.46. The number of likely N-dealkylation sites (tertiary alicyclic amines) is 1. The lowest BCUT2D eigenvalue weighted by molar-refractivity contribution is 0.0525. The molecule has 0 amide bonds. The monoisotopic (exact) mass is 240 g/mol. The van der Waals surface area contributed by atoms with E-state index in [0.717, 1.165) is 25.6 Å². The van der Waals surface area contributed by atoms with Crippen molar-refractivity contribution in [3.8, 4) is 0 Å². The van der Waals surface area contributed by atoms with Crippen LogP contribution < -0.4 is 5.32 Å². The van der Waals surface area contributed by atoms with Crippen molar-refractivity contribution in [1.29, 1.82) is 0 Å². The zero-order valence-electron chi connectivity index (χ0n) is 11.5. The van der Waals surface area contributed by atoms with E-state index in [-0.39, 0.29) is 0 Å². The van der Waals surface area contributed by atoms with Gasteiger partial charge in [0.25, 0.3) is 0 Å². The number of nitrogens with one attached hydrogen (secondary N) is 1. The number of ether oxygens (including phenoxy) is 1. The summed E-state index contributed by atoms with van der Waals surface area (Å²) in [6.45, 7) is 10.3. The van der Waals surface area contributed by atoms with Crippen molar-refractivity contribution in [2.45, 2.75) is 51.7 Å². The molecule has 2 heterocycles. The van der Waals surface area contributed by atoms with E-state index in [9.17, 15) is 0 Å². The Balaban J connectivity index is 1.75. The average molecular weight is 240 g/mol. The Kier molecular flexibility index (Phi) is 5.26. The molecule has 2 aliphatic heterocycles. The SMILES string of the molecule is CCNC(C)C1CCCN(CC2CCCO2)C1. The molecule has 0 bridgehead atoms. The second-order valence-corrected chi connectivity index (χ2v) is 5.64. The highest BCUT2D eigenvalue weighted by atomic mass is 16.5. The molecule has 2 fully saturated rings. The molecule has 100 valence electrons. The fraction of sp³-hybridized carbons (Fsp3) is 1.00. The van der Waals surface area contributed by atoms with E-state index < -0.39 is 0 Å². The molecule has 2 rings (SSSR count). The van der Waals surface area contributed by atoms with E-state index in [1.165, 1.54) is 38.8 Å². The molecule has 17 heavy (non-hydrogen) atoms. The topological polar surface area (TPSA) is 24.5 Å². The van der Waals surface area contributed by atoms with Gasteiger partial charge in [0.1, 0.15) is 0 Å². The molecular weight excluding hydrogens is 212 g/mol. The number of piperidine rings is 1. The van der Waals surface area contributed by atoms with Crippen LogP contribution in [0.5, 0.6) is 0 Å². The van der Waals surface area contributed by atoms with E-state index in [4.69, 9.17) is 4.74 Å². The molecule has 1 N–H and O–H groups in total. The molecule has 2 saturated heterocycles. The Morgan fingerprint density at radius 2 is 2.24 bits per heavy atom. The van der Waals surface area contributed by atoms with Gasteiger partial charge in [0, 0.05) is 25.7 Å². The van der Waals surface area contributed by atoms with E-state index in [2.05, 4.69) is 24.1 Å². The Bertz CT molecular complexity index is 216. The highest BCUT2D eigenvalue weighted by Gasteiger charge is 2.26. The number of hydrogen-bond acceptors (Lipinski definition) is 3. The quantitative estimate of drug-likeness (QED) is 0.794. The molecular formula is C14H28N2O. The van der Waals surface area contributed by atoms with Gasteiger partial charge < -0.3 is 15.0 Å². The third-order valence-electron chi connectivity index (χ3n) is 4.26. The highest BCUT2D eigenvalue weighted by Crippen LogP contribution is 2.22. The fourth-order valence-electron chi connectivity index (χ4n) is 3.23. The van der Waals surface area contributed by atoms with Gasteiger partial charge in [-0.05, 0) is 51.6 Å². The maximum absolute atomic E-state index is 5.74. The van der Waals surface area contributed by atoms with Crippen LogP contribution in [-0.2, 0) is 4.74 Å². The first kappa shape index (κ1) is 13.3. The summed E-state index contributed by atoms with van der Waals surface area (Å²) in [6.07, 6.45) is 5.78.